The summed E-state index contributed by atoms with van der Waals surface area (Å²) >= 11 is 8.61. The summed E-state index contributed by atoms with van der Waals surface area (Å²) in [7, 11) is 0. The molecule has 0 aliphatic carbocycles. The van der Waals surface area contributed by atoms with E-state index in [0.717, 1.165) is 22.2 Å². The Labute approximate surface area is 179 Å². The van der Waals surface area contributed by atoms with Crippen LogP contribution in [0.5, 0.6) is 0 Å². The van der Waals surface area contributed by atoms with Crippen LogP contribution in [0.1, 0.15) is 17.4 Å². The first-order chi connectivity index (χ1) is 13.7. The number of hydrogen-bond acceptors (Lipinski definition) is 7. The normalized spacial score (nSPS) is 11.0. The van der Waals surface area contributed by atoms with Crippen LogP contribution in [0, 0.1) is 24.0 Å². The van der Waals surface area contributed by atoms with E-state index in [1.165, 1.54) is 29.5 Å². The molecule has 1 N–H and O–H groups in total. The lowest BCUT2D eigenvalue weighted by Crippen LogP contribution is -2.23. The van der Waals surface area contributed by atoms with Gasteiger partial charge in [0.2, 0.25) is 5.91 Å². The Morgan fingerprint density at radius 1 is 1.41 bits per heavy atom. The second-order valence-electron chi connectivity index (χ2n) is 6.17. The zero-order valence-corrected chi connectivity index (χ0v) is 18.2. The number of thioether (sulfide) groups is 1. The van der Waals surface area contributed by atoms with E-state index in [-0.39, 0.29) is 33.6 Å². The predicted molar refractivity (Wildman–Crippen MR) is 116 cm³/mol. The molecule has 29 heavy (non-hydrogen) atoms. The van der Waals surface area contributed by atoms with Gasteiger partial charge in [0.15, 0.2) is 5.16 Å². The smallest absolute Gasteiger partial charge is 0.271 e. The second kappa shape index (κ2) is 8.52. The number of halogens is 1. The monoisotopic (exact) mass is 452 g/mol. The molecular weight excluding hydrogens is 436 g/mol. The molecule has 1 aromatic carbocycles. The number of aryl methyl sites for hydroxylation is 2. The number of hydrogen-bond donors (Lipinski definition) is 1. The van der Waals surface area contributed by atoms with Crippen molar-refractivity contribution in [3.05, 3.63) is 54.1 Å². The largest absolute Gasteiger partial charge is 0.324 e. The number of nitrogens with zero attached hydrogens (tertiary/aromatic N) is 3. The zero-order valence-electron chi connectivity index (χ0n) is 15.8. The summed E-state index contributed by atoms with van der Waals surface area (Å²) in [4.78, 5) is 41.6. The summed E-state index contributed by atoms with van der Waals surface area (Å²) < 4.78 is 1.55. The number of fused-ring (bicyclic) bond motifs is 1. The topological polar surface area (TPSA) is 107 Å². The number of thiophene rings is 1. The summed E-state index contributed by atoms with van der Waals surface area (Å²) in [5.74, 6) is -0.351. The fraction of sp³-hybridized carbons (Fsp3) is 0.278. The van der Waals surface area contributed by atoms with Gasteiger partial charge in [0.25, 0.3) is 11.2 Å². The molecule has 2 heterocycles. The number of nitro benzene ring substituents is 1. The minimum Gasteiger partial charge on any atom is -0.324 e. The average Bonchev–Trinajstić information content (AvgIpc) is 2.95. The molecule has 0 fully saturated rings. The zero-order chi connectivity index (χ0) is 21.3. The molecule has 3 aromatic rings. The summed E-state index contributed by atoms with van der Waals surface area (Å²) in [5, 5.41) is 14.6. The number of nitrogens with one attached hydrogen (secondary N) is 1. The molecule has 0 spiro atoms. The van der Waals surface area contributed by atoms with Crippen LogP contribution in [-0.4, -0.2) is 26.1 Å². The maximum atomic E-state index is 12.8. The van der Waals surface area contributed by atoms with Crippen LogP contribution in [0.3, 0.4) is 0 Å². The van der Waals surface area contributed by atoms with Gasteiger partial charge in [-0.05, 0) is 32.4 Å². The molecule has 0 bridgehead atoms. The maximum absolute atomic E-state index is 12.8. The lowest BCUT2D eigenvalue weighted by atomic mass is 10.2. The third-order valence-electron chi connectivity index (χ3n) is 4.34. The molecule has 0 saturated carbocycles. The van der Waals surface area contributed by atoms with E-state index in [0.29, 0.717) is 21.9 Å². The fourth-order valence-corrected chi connectivity index (χ4v) is 4.89. The highest BCUT2D eigenvalue weighted by atomic mass is 35.5. The minimum atomic E-state index is -0.562. The van der Waals surface area contributed by atoms with Gasteiger partial charge < -0.3 is 5.32 Å². The van der Waals surface area contributed by atoms with Crippen LogP contribution in [0.4, 0.5) is 11.4 Å². The number of carbonyl (C=O) groups excluding carboxylic acids is 1. The first kappa shape index (κ1) is 21.3. The molecule has 8 nitrogen and oxygen atoms in total. The number of aromatic nitrogens is 2. The molecule has 0 saturated heterocycles. The maximum Gasteiger partial charge on any atom is 0.271 e. The average molecular weight is 453 g/mol. The predicted octanol–water partition coefficient (Wildman–Crippen LogP) is 4.39. The molecule has 1 amide bonds. The highest BCUT2D eigenvalue weighted by molar-refractivity contribution is 7.99. The molecule has 11 heteroatoms. The molecule has 3 rings (SSSR count). The van der Waals surface area contributed by atoms with Crippen molar-refractivity contribution in [1.82, 2.24) is 9.55 Å². The Hall–Kier alpha value is -2.43. The number of nitro groups is 1. The number of benzene rings is 1. The van der Waals surface area contributed by atoms with Crippen molar-refractivity contribution in [3.8, 4) is 0 Å². The van der Waals surface area contributed by atoms with Gasteiger partial charge in [-0.15, -0.1) is 11.3 Å². The standard InChI is InChI=1S/C18H17ClN4O4S2/c1-4-22-17(25)15-9(2)10(3)29-16(15)21-18(22)28-8-14(24)20-13-6-5-11(23(26)27)7-12(13)19/h5-7H,4,8H2,1-3H3,(H,20,24). The Balaban J connectivity index is 1.79. The number of carbonyl (C=O) groups is 1. The van der Waals surface area contributed by atoms with E-state index < -0.39 is 4.92 Å². The van der Waals surface area contributed by atoms with E-state index in [9.17, 15) is 19.7 Å². The molecule has 0 aliphatic heterocycles. The SMILES string of the molecule is CCn1c(SCC(=O)Nc2ccc([N+](=O)[O-])cc2Cl)nc2sc(C)c(C)c2c1=O. The summed E-state index contributed by atoms with van der Waals surface area (Å²) in [6.07, 6.45) is 0. The summed E-state index contributed by atoms with van der Waals surface area (Å²) in [6, 6.07) is 3.82. The van der Waals surface area contributed by atoms with Crippen LogP contribution < -0.4 is 10.9 Å². The lowest BCUT2D eigenvalue weighted by molar-refractivity contribution is -0.384. The third kappa shape index (κ3) is 4.29. The van der Waals surface area contributed by atoms with E-state index in [4.69, 9.17) is 11.6 Å². The van der Waals surface area contributed by atoms with E-state index >= 15 is 0 Å². The lowest BCUT2D eigenvalue weighted by Gasteiger charge is -2.10. The molecular formula is C18H17ClN4O4S2. The molecule has 152 valence electrons. The van der Waals surface area contributed by atoms with Gasteiger partial charge in [0, 0.05) is 23.6 Å². The Kier molecular flexibility index (Phi) is 6.25. The van der Waals surface area contributed by atoms with Crippen molar-refractivity contribution in [1.29, 1.82) is 0 Å². The molecule has 0 unspecified atom stereocenters. The van der Waals surface area contributed by atoms with Gasteiger partial charge >= 0.3 is 0 Å². The van der Waals surface area contributed by atoms with Gasteiger partial charge in [-0.3, -0.25) is 24.3 Å². The first-order valence-electron chi connectivity index (χ1n) is 8.60. The molecule has 0 atom stereocenters. The van der Waals surface area contributed by atoms with Gasteiger partial charge in [-0.25, -0.2) is 4.98 Å². The minimum absolute atomic E-state index is 0.00853. The van der Waals surface area contributed by atoms with Crippen molar-refractivity contribution in [2.45, 2.75) is 32.5 Å². The Bertz CT molecular complexity index is 1190. The van der Waals surface area contributed by atoms with Crippen LogP contribution in [0.15, 0.2) is 28.2 Å². The summed E-state index contributed by atoms with van der Waals surface area (Å²) in [5.41, 5.74) is 0.949. The van der Waals surface area contributed by atoms with Gasteiger partial charge in [0.05, 0.1) is 26.8 Å². The van der Waals surface area contributed by atoms with Crippen molar-refractivity contribution in [2.24, 2.45) is 0 Å². The van der Waals surface area contributed by atoms with Gasteiger partial charge in [-0.1, -0.05) is 23.4 Å². The van der Waals surface area contributed by atoms with Crippen molar-refractivity contribution in [2.75, 3.05) is 11.1 Å². The fourth-order valence-electron chi connectivity index (χ4n) is 2.73. The van der Waals surface area contributed by atoms with Crippen molar-refractivity contribution >= 4 is 62.2 Å². The van der Waals surface area contributed by atoms with Gasteiger partial charge in [0.1, 0.15) is 4.83 Å². The van der Waals surface area contributed by atoms with Crippen LogP contribution >= 0.6 is 34.7 Å². The van der Waals surface area contributed by atoms with Gasteiger partial charge in [-0.2, -0.15) is 0 Å². The summed E-state index contributed by atoms with van der Waals surface area (Å²) in [6.45, 7) is 6.15. The highest BCUT2D eigenvalue weighted by Crippen LogP contribution is 2.29. The first-order valence-corrected chi connectivity index (χ1v) is 10.8. The quantitative estimate of drug-likeness (QED) is 0.257. The number of amides is 1. The Morgan fingerprint density at radius 3 is 2.76 bits per heavy atom. The molecule has 0 radical (unpaired) electrons. The van der Waals surface area contributed by atoms with Crippen molar-refractivity contribution < 1.29 is 9.72 Å². The van der Waals surface area contributed by atoms with Crippen LogP contribution in [0.2, 0.25) is 5.02 Å². The van der Waals surface area contributed by atoms with E-state index in [2.05, 4.69) is 10.3 Å². The molecule has 0 aliphatic rings. The third-order valence-corrected chi connectivity index (χ3v) is 6.73. The number of anilines is 1. The molecule has 2 aromatic heterocycles. The number of non-ortho nitro benzene ring substituents is 1. The highest BCUT2D eigenvalue weighted by Gasteiger charge is 2.17. The Morgan fingerprint density at radius 2 is 2.14 bits per heavy atom. The van der Waals surface area contributed by atoms with Crippen LogP contribution in [0.25, 0.3) is 10.2 Å². The second-order valence-corrected chi connectivity index (χ2v) is 8.72. The van der Waals surface area contributed by atoms with E-state index in [1.54, 1.807) is 4.57 Å². The van der Waals surface area contributed by atoms with Crippen molar-refractivity contribution in [3.63, 3.8) is 0 Å². The van der Waals surface area contributed by atoms with E-state index in [1.807, 2.05) is 20.8 Å². The van der Waals surface area contributed by atoms with Crippen LogP contribution in [-0.2, 0) is 11.3 Å². The number of rotatable bonds is 6.